The maximum Gasteiger partial charge on any atom is 0.326 e. The summed E-state index contributed by atoms with van der Waals surface area (Å²) in [4.78, 5) is 25.9. The zero-order chi connectivity index (χ0) is 22.0. The number of nitrogens with zero attached hydrogens (tertiary/aromatic N) is 1. The lowest BCUT2D eigenvalue weighted by Gasteiger charge is -2.56. The fourth-order valence-electron chi connectivity index (χ4n) is 7.69. The molecular formula is C26H32FNO4. The van der Waals surface area contributed by atoms with Gasteiger partial charge in [0.25, 0.3) is 5.91 Å². The van der Waals surface area contributed by atoms with E-state index >= 15 is 4.39 Å². The van der Waals surface area contributed by atoms with E-state index in [2.05, 4.69) is 0 Å². The van der Waals surface area contributed by atoms with Gasteiger partial charge < -0.3 is 14.7 Å². The second-order valence-electron chi connectivity index (χ2n) is 11.3. The van der Waals surface area contributed by atoms with Gasteiger partial charge in [-0.15, -0.1) is 0 Å². The summed E-state index contributed by atoms with van der Waals surface area (Å²) in [7, 11) is 0. The number of aliphatic carboxylic acids is 1. The number of likely N-dealkylation sites (tertiary alicyclic amines) is 1. The molecule has 0 radical (unpaired) electrons. The summed E-state index contributed by atoms with van der Waals surface area (Å²) in [5.41, 5.74) is 1.15. The largest absolute Gasteiger partial charge is 0.493 e. The van der Waals surface area contributed by atoms with Crippen LogP contribution in [0.25, 0.3) is 0 Å². The van der Waals surface area contributed by atoms with Gasteiger partial charge in [0.05, 0.1) is 12.2 Å². The Kier molecular flexibility index (Phi) is 4.78. The van der Waals surface area contributed by atoms with Crippen molar-refractivity contribution in [3.8, 4) is 5.75 Å². The van der Waals surface area contributed by atoms with Crippen LogP contribution < -0.4 is 4.74 Å². The number of halogens is 1. The Hall–Kier alpha value is -2.11. The van der Waals surface area contributed by atoms with Crippen LogP contribution in [0.5, 0.6) is 5.75 Å². The maximum absolute atomic E-state index is 15.2. The van der Waals surface area contributed by atoms with Crippen molar-refractivity contribution in [2.75, 3.05) is 13.2 Å². The normalized spacial score (nSPS) is 35.3. The minimum absolute atomic E-state index is 0.0118. The molecule has 6 heteroatoms. The third kappa shape index (κ3) is 3.50. The van der Waals surface area contributed by atoms with Crippen LogP contribution in [0.3, 0.4) is 0 Å². The minimum atomic E-state index is -1.02. The first kappa shape index (κ1) is 20.5. The quantitative estimate of drug-likeness (QED) is 0.676. The van der Waals surface area contributed by atoms with Crippen molar-refractivity contribution in [3.63, 3.8) is 0 Å². The lowest BCUT2D eigenvalue weighted by molar-refractivity contribution is -0.141. The zero-order valence-electron chi connectivity index (χ0n) is 18.5. The highest BCUT2D eigenvalue weighted by atomic mass is 19.1. The van der Waals surface area contributed by atoms with Crippen LogP contribution in [0.2, 0.25) is 0 Å². The second kappa shape index (κ2) is 7.46. The number of carbonyl (C=O) groups excluding carboxylic acids is 1. The van der Waals surface area contributed by atoms with E-state index < -0.39 is 23.7 Å². The molecule has 7 rings (SSSR count). The average Bonchev–Trinajstić information content (AvgIpc) is 3.45. The molecule has 32 heavy (non-hydrogen) atoms. The molecule has 1 N–H and O–H groups in total. The zero-order valence-corrected chi connectivity index (χ0v) is 18.5. The molecule has 1 heterocycles. The summed E-state index contributed by atoms with van der Waals surface area (Å²) in [5.74, 6) is 1.29. The Morgan fingerprint density at radius 3 is 2.31 bits per heavy atom. The van der Waals surface area contributed by atoms with Crippen LogP contribution in [-0.2, 0) is 4.79 Å². The Bertz CT molecular complexity index is 920. The molecule has 0 spiro atoms. The first-order valence-electron chi connectivity index (χ1n) is 12.4. The molecule has 1 aromatic rings. The van der Waals surface area contributed by atoms with Gasteiger partial charge >= 0.3 is 5.97 Å². The monoisotopic (exact) mass is 441 g/mol. The molecule has 0 aromatic heterocycles. The number of rotatable bonds is 6. The van der Waals surface area contributed by atoms with Gasteiger partial charge in [0, 0.05) is 18.0 Å². The van der Waals surface area contributed by atoms with E-state index in [-0.39, 0.29) is 11.0 Å². The Labute approximate surface area is 188 Å². The maximum atomic E-state index is 15.2. The third-order valence-corrected chi connectivity index (χ3v) is 8.84. The molecule has 5 aliphatic carbocycles. The van der Waals surface area contributed by atoms with Crippen LogP contribution in [0.1, 0.15) is 86.0 Å². The number of carboxylic acids is 1. The topological polar surface area (TPSA) is 66.8 Å². The molecule has 1 aromatic carbocycles. The van der Waals surface area contributed by atoms with Gasteiger partial charge in [0.2, 0.25) is 0 Å². The fourth-order valence-corrected chi connectivity index (χ4v) is 7.69. The van der Waals surface area contributed by atoms with Crippen molar-refractivity contribution in [3.05, 3.63) is 29.1 Å². The van der Waals surface area contributed by atoms with Gasteiger partial charge in [-0.25, -0.2) is 9.18 Å². The SMILES string of the molecule is O=C(O)[C@@H]1CCCN1C(=O)c1cc(C2CC2)c(OCC23CC4CC(CC(C4)C2)C3)cc1F. The van der Waals surface area contributed by atoms with E-state index in [1.165, 1.54) is 49.5 Å². The van der Waals surface area contributed by atoms with E-state index in [1.54, 1.807) is 6.07 Å². The number of hydrogen-bond acceptors (Lipinski definition) is 3. The minimum Gasteiger partial charge on any atom is -0.493 e. The van der Waals surface area contributed by atoms with Crippen molar-refractivity contribution in [2.45, 2.75) is 76.2 Å². The van der Waals surface area contributed by atoms with Crippen molar-refractivity contribution in [2.24, 2.45) is 23.2 Å². The number of carbonyl (C=O) groups is 2. The number of benzene rings is 1. The van der Waals surface area contributed by atoms with E-state index in [1.807, 2.05) is 0 Å². The third-order valence-electron chi connectivity index (χ3n) is 8.84. The Balaban J connectivity index is 1.24. The van der Waals surface area contributed by atoms with Crippen LogP contribution in [0, 0.1) is 29.0 Å². The van der Waals surface area contributed by atoms with Crippen molar-refractivity contribution in [1.29, 1.82) is 0 Å². The van der Waals surface area contributed by atoms with E-state index in [0.717, 1.165) is 36.2 Å². The predicted octanol–water partition coefficient (Wildman–Crippen LogP) is 4.99. The first-order valence-corrected chi connectivity index (χ1v) is 12.4. The summed E-state index contributed by atoms with van der Waals surface area (Å²) in [6, 6.07) is 2.19. The highest BCUT2D eigenvalue weighted by molar-refractivity contribution is 5.97. The van der Waals surface area contributed by atoms with Crippen LogP contribution >= 0.6 is 0 Å². The Morgan fingerprint density at radius 1 is 1.06 bits per heavy atom. The van der Waals surface area contributed by atoms with Gasteiger partial charge in [-0.1, -0.05) is 0 Å². The van der Waals surface area contributed by atoms with E-state index in [4.69, 9.17) is 4.74 Å². The molecule has 0 unspecified atom stereocenters. The van der Waals surface area contributed by atoms with Gasteiger partial charge in [-0.3, -0.25) is 4.79 Å². The van der Waals surface area contributed by atoms with Crippen molar-refractivity contribution >= 4 is 11.9 Å². The van der Waals surface area contributed by atoms with E-state index in [9.17, 15) is 14.7 Å². The molecule has 172 valence electrons. The lowest BCUT2D eigenvalue weighted by Crippen LogP contribution is -2.48. The molecule has 1 amide bonds. The summed E-state index contributed by atoms with van der Waals surface area (Å²) in [6.45, 7) is 1.01. The lowest BCUT2D eigenvalue weighted by atomic mass is 9.50. The summed E-state index contributed by atoms with van der Waals surface area (Å²) in [5, 5.41) is 9.42. The second-order valence-corrected chi connectivity index (χ2v) is 11.3. The number of amides is 1. The summed E-state index contributed by atoms with van der Waals surface area (Å²) in [6.07, 6.45) is 11.0. The molecule has 5 saturated carbocycles. The van der Waals surface area contributed by atoms with Gasteiger partial charge in [0.15, 0.2) is 0 Å². The molecule has 1 aliphatic heterocycles. The molecule has 6 aliphatic rings. The smallest absolute Gasteiger partial charge is 0.326 e. The van der Waals surface area contributed by atoms with Crippen LogP contribution in [-0.4, -0.2) is 41.1 Å². The molecule has 4 bridgehead atoms. The fraction of sp³-hybridized carbons (Fsp3) is 0.692. The predicted molar refractivity (Wildman–Crippen MR) is 116 cm³/mol. The van der Waals surface area contributed by atoms with Gasteiger partial charge in [-0.05, 0) is 99.5 Å². The number of ether oxygens (including phenoxy) is 1. The Morgan fingerprint density at radius 2 is 1.72 bits per heavy atom. The number of hydrogen-bond donors (Lipinski definition) is 1. The first-order chi connectivity index (χ1) is 15.4. The van der Waals surface area contributed by atoms with Crippen LogP contribution in [0.4, 0.5) is 4.39 Å². The standard InChI is InChI=1S/C26H32FNO4/c27-21-10-23(32-14-26-11-15-6-16(12-26)8-17(7-15)13-26)19(18-3-4-18)9-20(21)24(29)28-5-1-2-22(28)25(30)31/h9-10,15-18,22H,1-8,11-14H2,(H,30,31)/t15?,16?,17?,22-,26?/m0/s1. The summed E-state index contributed by atoms with van der Waals surface area (Å²) >= 11 is 0. The van der Waals surface area contributed by atoms with Gasteiger partial charge in [-0.2, -0.15) is 0 Å². The number of carboxylic acid groups (broad SMARTS) is 1. The van der Waals surface area contributed by atoms with Crippen LogP contribution in [0.15, 0.2) is 12.1 Å². The highest BCUT2D eigenvalue weighted by Gasteiger charge is 2.51. The van der Waals surface area contributed by atoms with Crippen molar-refractivity contribution < 1.29 is 23.8 Å². The molecule has 6 fully saturated rings. The van der Waals surface area contributed by atoms with E-state index in [0.29, 0.717) is 37.7 Å². The molecule has 5 nitrogen and oxygen atoms in total. The molecular weight excluding hydrogens is 409 g/mol. The summed E-state index contributed by atoms with van der Waals surface area (Å²) < 4.78 is 21.5. The van der Waals surface area contributed by atoms with Crippen molar-refractivity contribution in [1.82, 2.24) is 4.90 Å². The molecule has 1 saturated heterocycles. The highest BCUT2D eigenvalue weighted by Crippen LogP contribution is 2.60. The average molecular weight is 442 g/mol. The molecule has 1 atom stereocenters. The van der Waals surface area contributed by atoms with Gasteiger partial charge in [0.1, 0.15) is 17.6 Å².